The van der Waals surface area contributed by atoms with E-state index in [4.69, 9.17) is 10.5 Å². The molecular formula is C16H24N2O2. The zero-order valence-corrected chi connectivity index (χ0v) is 12.2. The Labute approximate surface area is 120 Å². The van der Waals surface area contributed by atoms with Gasteiger partial charge in [-0.1, -0.05) is 25.8 Å². The van der Waals surface area contributed by atoms with Gasteiger partial charge in [0, 0.05) is 13.1 Å². The third-order valence-electron chi connectivity index (χ3n) is 3.79. The Morgan fingerprint density at radius 1 is 1.25 bits per heavy atom. The Morgan fingerprint density at radius 3 is 2.55 bits per heavy atom. The number of ether oxygens (including phenoxy) is 1. The second-order valence-corrected chi connectivity index (χ2v) is 5.31. The quantitative estimate of drug-likeness (QED) is 0.860. The van der Waals surface area contributed by atoms with E-state index in [0.717, 1.165) is 32.4 Å². The van der Waals surface area contributed by atoms with Crippen molar-refractivity contribution in [2.45, 2.75) is 39.0 Å². The van der Waals surface area contributed by atoms with Crippen molar-refractivity contribution in [2.24, 2.45) is 0 Å². The lowest BCUT2D eigenvalue weighted by Gasteiger charge is -2.20. The molecule has 1 aliphatic rings. The van der Waals surface area contributed by atoms with Crippen LogP contribution in [0.2, 0.25) is 0 Å². The van der Waals surface area contributed by atoms with Crippen molar-refractivity contribution < 1.29 is 9.53 Å². The van der Waals surface area contributed by atoms with Crippen LogP contribution in [0.25, 0.3) is 0 Å². The van der Waals surface area contributed by atoms with Crippen LogP contribution in [0.5, 0.6) is 5.75 Å². The van der Waals surface area contributed by atoms with Gasteiger partial charge < -0.3 is 15.4 Å². The van der Waals surface area contributed by atoms with E-state index in [0.29, 0.717) is 11.4 Å². The van der Waals surface area contributed by atoms with Crippen LogP contribution in [0, 0.1) is 0 Å². The molecule has 20 heavy (non-hydrogen) atoms. The second-order valence-electron chi connectivity index (χ2n) is 5.31. The van der Waals surface area contributed by atoms with Crippen LogP contribution in [0.3, 0.4) is 0 Å². The lowest BCUT2D eigenvalue weighted by molar-refractivity contribution is -0.133. The number of aryl methyl sites for hydroxylation is 1. The van der Waals surface area contributed by atoms with Crippen LogP contribution in [0.1, 0.15) is 38.2 Å². The number of rotatable bonds is 4. The summed E-state index contributed by atoms with van der Waals surface area (Å²) in [7, 11) is 0. The summed E-state index contributed by atoms with van der Waals surface area (Å²) in [6, 6.07) is 5.75. The van der Waals surface area contributed by atoms with Crippen molar-refractivity contribution in [2.75, 3.05) is 25.4 Å². The van der Waals surface area contributed by atoms with Crippen molar-refractivity contribution in [3.8, 4) is 5.75 Å². The van der Waals surface area contributed by atoms with Crippen LogP contribution in [-0.2, 0) is 11.2 Å². The van der Waals surface area contributed by atoms with E-state index >= 15 is 0 Å². The molecule has 1 amide bonds. The molecule has 0 aliphatic carbocycles. The van der Waals surface area contributed by atoms with Gasteiger partial charge in [0.25, 0.3) is 5.91 Å². The Balaban J connectivity index is 1.89. The molecule has 0 bridgehead atoms. The number of nitrogens with two attached hydrogens (primary N) is 1. The Morgan fingerprint density at radius 2 is 1.95 bits per heavy atom. The van der Waals surface area contributed by atoms with E-state index < -0.39 is 0 Å². The summed E-state index contributed by atoms with van der Waals surface area (Å²) in [5, 5.41) is 0. The maximum atomic E-state index is 12.1. The molecular weight excluding hydrogens is 252 g/mol. The van der Waals surface area contributed by atoms with E-state index in [1.54, 1.807) is 0 Å². The molecule has 110 valence electrons. The Hall–Kier alpha value is -1.71. The molecule has 1 aromatic carbocycles. The molecule has 0 radical (unpaired) electrons. The lowest BCUT2D eigenvalue weighted by Crippen LogP contribution is -2.35. The fourth-order valence-electron chi connectivity index (χ4n) is 2.50. The molecule has 4 heteroatoms. The Bertz CT molecular complexity index is 452. The van der Waals surface area contributed by atoms with Gasteiger partial charge in [-0.15, -0.1) is 0 Å². The average Bonchev–Trinajstić information content (AvgIpc) is 2.74. The fraction of sp³-hybridized carbons (Fsp3) is 0.562. The maximum Gasteiger partial charge on any atom is 0.260 e. The molecule has 1 saturated heterocycles. The summed E-state index contributed by atoms with van der Waals surface area (Å²) in [5.74, 6) is 0.663. The molecule has 0 unspecified atom stereocenters. The van der Waals surface area contributed by atoms with Gasteiger partial charge in [-0.2, -0.15) is 0 Å². The van der Waals surface area contributed by atoms with E-state index in [9.17, 15) is 4.79 Å². The van der Waals surface area contributed by atoms with Crippen molar-refractivity contribution in [3.05, 3.63) is 23.8 Å². The fourth-order valence-corrected chi connectivity index (χ4v) is 2.50. The standard InChI is InChI=1S/C16H24N2O2/c1-2-13-7-8-15(14(17)11-13)20-12-16(19)18-9-5-3-4-6-10-18/h7-8,11H,2-6,9-10,12,17H2,1H3. The minimum atomic E-state index is 0.0610. The number of likely N-dealkylation sites (tertiary alicyclic amines) is 1. The maximum absolute atomic E-state index is 12.1. The van der Waals surface area contributed by atoms with E-state index in [-0.39, 0.29) is 12.5 Å². The van der Waals surface area contributed by atoms with Crippen molar-refractivity contribution >= 4 is 11.6 Å². The summed E-state index contributed by atoms with van der Waals surface area (Å²) in [6.45, 7) is 3.87. The second kappa shape index (κ2) is 7.17. The number of hydrogen-bond donors (Lipinski definition) is 1. The number of anilines is 1. The molecule has 0 aromatic heterocycles. The highest BCUT2D eigenvalue weighted by Crippen LogP contribution is 2.23. The number of nitrogen functional groups attached to an aromatic ring is 1. The highest BCUT2D eigenvalue weighted by molar-refractivity contribution is 5.78. The predicted molar refractivity (Wildman–Crippen MR) is 80.8 cm³/mol. The number of benzene rings is 1. The largest absolute Gasteiger partial charge is 0.482 e. The monoisotopic (exact) mass is 276 g/mol. The highest BCUT2D eigenvalue weighted by atomic mass is 16.5. The summed E-state index contributed by atoms with van der Waals surface area (Å²) in [6.07, 6.45) is 5.57. The summed E-state index contributed by atoms with van der Waals surface area (Å²) >= 11 is 0. The van der Waals surface area contributed by atoms with Crippen LogP contribution >= 0.6 is 0 Å². The van der Waals surface area contributed by atoms with Crippen LogP contribution in [0.15, 0.2) is 18.2 Å². The number of nitrogens with zero attached hydrogens (tertiary/aromatic N) is 1. The van der Waals surface area contributed by atoms with Crippen molar-refractivity contribution in [1.29, 1.82) is 0 Å². The van der Waals surface area contributed by atoms with Gasteiger partial charge in [-0.25, -0.2) is 0 Å². The third-order valence-corrected chi connectivity index (χ3v) is 3.79. The SMILES string of the molecule is CCc1ccc(OCC(=O)N2CCCCCC2)c(N)c1. The molecule has 2 N–H and O–H groups in total. The van der Waals surface area contributed by atoms with E-state index in [2.05, 4.69) is 6.92 Å². The zero-order chi connectivity index (χ0) is 14.4. The topological polar surface area (TPSA) is 55.6 Å². The number of carbonyl (C=O) groups is 1. The van der Waals surface area contributed by atoms with Crippen LogP contribution in [0.4, 0.5) is 5.69 Å². The first-order valence-corrected chi connectivity index (χ1v) is 7.49. The highest BCUT2D eigenvalue weighted by Gasteiger charge is 2.16. The number of amides is 1. The van der Waals surface area contributed by atoms with Gasteiger partial charge in [0.05, 0.1) is 5.69 Å². The normalized spacial score (nSPS) is 15.8. The first kappa shape index (κ1) is 14.7. The Kier molecular flexibility index (Phi) is 5.27. The lowest BCUT2D eigenvalue weighted by atomic mass is 10.1. The minimum absolute atomic E-state index is 0.0610. The smallest absolute Gasteiger partial charge is 0.260 e. The molecule has 1 fully saturated rings. The first-order chi connectivity index (χ1) is 9.70. The average molecular weight is 276 g/mol. The summed E-state index contributed by atoms with van der Waals surface area (Å²) in [4.78, 5) is 14.0. The predicted octanol–water partition coefficient (Wildman–Crippen LogP) is 2.61. The molecule has 1 aliphatic heterocycles. The van der Waals surface area contributed by atoms with Gasteiger partial charge >= 0.3 is 0 Å². The minimum Gasteiger partial charge on any atom is -0.482 e. The van der Waals surface area contributed by atoms with Gasteiger partial charge in [-0.3, -0.25) is 4.79 Å². The van der Waals surface area contributed by atoms with Crippen molar-refractivity contribution in [3.63, 3.8) is 0 Å². The molecule has 0 spiro atoms. The molecule has 4 nitrogen and oxygen atoms in total. The van der Waals surface area contributed by atoms with Crippen LogP contribution < -0.4 is 10.5 Å². The van der Waals surface area contributed by atoms with Gasteiger partial charge in [-0.05, 0) is 37.0 Å². The molecule has 2 rings (SSSR count). The number of hydrogen-bond acceptors (Lipinski definition) is 3. The third kappa shape index (κ3) is 3.89. The van der Waals surface area contributed by atoms with Crippen LogP contribution in [-0.4, -0.2) is 30.5 Å². The van der Waals surface area contributed by atoms with Crippen molar-refractivity contribution in [1.82, 2.24) is 4.90 Å². The number of carbonyl (C=O) groups excluding carboxylic acids is 1. The van der Waals surface area contributed by atoms with E-state index in [1.165, 1.54) is 18.4 Å². The first-order valence-electron chi connectivity index (χ1n) is 7.49. The van der Waals surface area contributed by atoms with Gasteiger partial charge in [0.1, 0.15) is 5.75 Å². The van der Waals surface area contributed by atoms with E-state index in [1.807, 2.05) is 23.1 Å². The molecule has 0 atom stereocenters. The zero-order valence-electron chi connectivity index (χ0n) is 12.2. The molecule has 1 aromatic rings. The van der Waals surface area contributed by atoms with Gasteiger partial charge in [0.2, 0.25) is 0 Å². The summed E-state index contributed by atoms with van der Waals surface area (Å²) in [5.41, 5.74) is 7.72. The molecule has 0 saturated carbocycles. The molecule has 1 heterocycles. The van der Waals surface area contributed by atoms with Gasteiger partial charge in [0.15, 0.2) is 6.61 Å². The summed E-state index contributed by atoms with van der Waals surface area (Å²) < 4.78 is 5.58.